The number of hydrogen-bond acceptors (Lipinski definition) is 8. The van der Waals surface area contributed by atoms with E-state index >= 15 is 0 Å². The molecule has 0 saturated heterocycles. The van der Waals surface area contributed by atoms with E-state index in [0.717, 1.165) is 16.7 Å². The summed E-state index contributed by atoms with van der Waals surface area (Å²) in [5, 5.41) is 8.67. The highest BCUT2D eigenvalue weighted by atomic mass is 35.5. The first-order valence-electron chi connectivity index (χ1n) is 11.1. The van der Waals surface area contributed by atoms with Crippen molar-refractivity contribution in [3.8, 4) is 5.75 Å². The fraction of sp³-hybridized carbons (Fsp3) is 0.154. The molecule has 2 N–H and O–H groups in total. The van der Waals surface area contributed by atoms with Crippen LogP contribution < -0.4 is 20.4 Å². The Hall–Kier alpha value is -3.88. The van der Waals surface area contributed by atoms with Gasteiger partial charge >= 0.3 is 0 Å². The van der Waals surface area contributed by atoms with Gasteiger partial charge in [0.1, 0.15) is 12.4 Å². The molecule has 0 amide bonds. The summed E-state index contributed by atoms with van der Waals surface area (Å²) >= 11 is 12.1. The molecule has 0 saturated carbocycles. The lowest BCUT2D eigenvalue weighted by atomic mass is 10.2. The van der Waals surface area contributed by atoms with Crippen molar-refractivity contribution >= 4 is 47.3 Å². The van der Waals surface area contributed by atoms with Crippen LogP contribution in [-0.2, 0) is 13.2 Å². The maximum Gasteiger partial charge on any atom is 0.250 e. The van der Waals surface area contributed by atoms with E-state index in [1.807, 2.05) is 74.8 Å². The highest BCUT2D eigenvalue weighted by Gasteiger charge is 2.08. The molecule has 0 atom stereocenters. The number of ether oxygens (including phenoxy) is 1. The van der Waals surface area contributed by atoms with Gasteiger partial charge in [-0.15, -0.1) is 0 Å². The fourth-order valence-electron chi connectivity index (χ4n) is 3.09. The molecule has 3 aromatic carbocycles. The third kappa shape index (κ3) is 7.31. The summed E-state index contributed by atoms with van der Waals surface area (Å²) in [5.74, 6) is 2.02. The number of hydrazone groups is 1. The van der Waals surface area contributed by atoms with E-state index < -0.39 is 0 Å². The summed E-state index contributed by atoms with van der Waals surface area (Å²) in [7, 11) is 3.74. The molecule has 0 radical (unpaired) electrons. The van der Waals surface area contributed by atoms with Crippen LogP contribution in [0.5, 0.6) is 5.75 Å². The topological polar surface area (TPSA) is 87.6 Å². The van der Waals surface area contributed by atoms with Crippen molar-refractivity contribution in [3.05, 3.63) is 99.5 Å². The Balaban J connectivity index is 1.35. The second-order valence-corrected chi connectivity index (χ2v) is 8.82. The molecule has 0 aliphatic carbocycles. The highest BCUT2D eigenvalue weighted by Crippen LogP contribution is 2.23. The molecular formula is C26H25Cl2N7O. The summed E-state index contributed by atoms with van der Waals surface area (Å²) in [6.07, 6.45) is 1.68. The molecule has 0 aliphatic rings. The quantitative estimate of drug-likeness (QED) is 0.199. The summed E-state index contributed by atoms with van der Waals surface area (Å²) in [4.78, 5) is 15.1. The van der Waals surface area contributed by atoms with Crippen LogP contribution >= 0.6 is 23.2 Å². The normalized spacial score (nSPS) is 10.9. The van der Waals surface area contributed by atoms with Crippen molar-refractivity contribution in [3.63, 3.8) is 0 Å². The van der Waals surface area contributed by atoms with Crippen LogP contribution in [0.4, 0.5) is 17.8 Å². The molecule has 184 valence electrons. The van der Waals surface area contributed by atoms with Crippen molar-refractivity contribution < 1.29 is 4.74 Å². The third-order valence-corrected chi connectivity index (χ3v) is 5.57. The Bertz CT molecular complexity index is 1320. The summed E-state index contributed by atoms with van der Waals surface area (Å²) in [6, 6.07) is 22.9. The number of nitrogens with one attached hydrogen (secondary N) is 2. The number of halogens is 2. The monoisotopic (exact) mass is 521 g/mol. The van der Waals surface area contributed by atoms with Gasteiger partial charge in [-0.25, -0.2) is 5.43 Å². The van der Waals surface area contributed by atoms with Crippen LogP contribution in [0, 0.1) is 0 Å². The molecule has 0 aliphatic heterocycles. The van der Waals surface area contributed by atoms with Gasteiger partial charge < -0.3 is 15.0 Å². The van der Waals surface area contributed by atoms with E-state index in [1.165, 1.54) is 0 Å². The Kier molecular flexibility index (Phi) is 8.54. The van der Waals surface area contributed by atoms with Gasteiger partial charge in [0.25, 0.3) is 0 Å². The van der Waals surface area contributed by atoms with Gasteiger partial charge in [-0.3, -0.25) is 0 Å². The van der Waals surface area contributed by atoms with E-state index in [4.69, 9.17) is 27.9 Å². The van der Waals surface area contributed by atoms with Gasteiger partial charge in [0, 0.05) is 36.2 Å². The average Bonchev–Trinajstić information content (AvgIpc) is 2.88. The van der Waals surface area contributed by atoms with E-state index in [2.05, 4.69) is 30.8 Å². The van der Waals surface area contributed by atoms with Crippen molar-refractivity contribution in [1.82, 2.24) is 15.0 Å². The molecule has 10 heteroatoms. The zero-order valence-corrected chi connectivity index (χ0v) is 21.3. The predicted octanol–water partition coefficient (Wildman–Crippen LogP) is 5.88. The largest absolute Gasteiger partial charge is 0.489 e. The van der Waals surface area contributed by atoms with Crippen LogP contribution in [0.2, 0.25) is 10.0 Å². The Morgan fingerprint density at radius 1 is 0.917 bits per heavy atom. The average molecular weight is 522 g/mol. The van der Waals surface area contributed by atoms with Crippen molar-refractivity contribution in [2.24, 2.45) is 5.10 Å². The summed E-state index contributed by atoms with van der Waals surface area (Å²) < 4.78 is 5.82. The van der Waals surface area contributed by atoms with Crippen molar-refractivity contribution in [2.45, 2.75) is 13.2 Å². The standard InChI is InChI=1S/C26H25Cl2N7O/c1-35(2)26-32-24(29-15-18-6-4-3-5-7-18)31-25(33-26)34-30-16-19-8-12-22(13-9-19)36-17-20-10-11-21(27)14-23(20)28/h3-14,16H,15,17H2,1-2H3,(H2,29,31,32,33,34). The first kappa shape index (κ1) is 25.2. The van der Waals surface area contributed by atoms with Gasteiger partial charge in [-0.1, -0.05) is 59.6 Å². The minimum Gasteiger partial charge on any atom is -0.489 e. The van der Waals surface area contributed by atoms with Gasteiger partial charge in [0.05, 0.1) is 6.21 Å². The maximum absolute atomic E-state index is 6.20. The second kappa shape index (κ2) is 12.2. The zero-order valence-electron chi connectivity index (χ0n) is 19.8. The second-order valence-electron chi connectivity index (χ2n) is 7.98. The number of aromatic nitrogens is 3. The first-order valence-corrected chi connectivity index (χ1v) is 11.9. The van der Waals surface area contributed by atoms with Crippen LogP contribution in [0.25, 0.3) is 0 Å². The van der Waals surface area contributed by atoms with E-state index in [9.17, 15) is 0 Å². The van der Waals surface area contributed by atoms with Crippen LogP contribution in [0.1, 0.15) is 16.7 Å². The lowest BCUT2D eigenvalue weighted by Crippen LogP contribution is -2.16. The fourth-order valence-corrected chi connectivity index (χ4v) is 3.55. The van der Waals surface area contributed by atoms with Gasteiger partial charge in [-0.05, 0) is 47.5 Å². The number of hydrogen-bond donors (Lipinski definition) is 2. The van der Waals surface area contributed by atoms with Crippen LogP contribution in [0.15, 0.2) is 77.9 Å². The van der Waals surface area contributed by atoms with Crippen LogP contribution in [0.3, 0.4) is 0 Å². The van der Waals surface area contributed by atoms with Gasteiger partial charge in [-0.2, -0.15) is 20.1 Å². The molecule has 1 heterocycles. The molecule has 4 aromatic rings. The van der Waals surface area contributed by atoms with Gasteiger partial charge in [0.2, 0.25) is 17.8 Å². The SMILES string of the molecule is CN(C)c1nc(NCc2ccccc2)nc(NN=Cc2ccc(OCc3ccc(Cl)cc3Cl)cc2)n1. The van der Waals surface area contributed by atoms with Crippen molar-refractivity contribution in [1.29, 1.82) is 0 Å². The zero-order chi connectivity index (χ0) is 25.3. The molecule has 4 rings (SSSR count). The lowest BCUT2D eigenvalue weighted by molar-refractivity contribution is 0.306. The molecule has 0 bridgehead atoms. The van der Waals surface area contributed by atoms with E-state index in [0.29, 0.717) is 46.8 Å². The predicted molar refractivity (Wildman–Crippen MR) is 146 cm³/mol. The minimum atomic E-state index is 0.334. The maximum atomic E-state index is 6.20. The summed E-state index contributed by atoms with van der Waals surface area (Å²) in [5.41, 5.74) is 5.75. The number of rotatable bonds is 10. The molecule has 0 spiro atoms. The Morgan fingerprint density at radius 3 is 2.39 bits per heavy atom. The Morgan fingerprint density at radius 2 is 1.67 bits per heavy atom. The molecule has 8 nitrogen and oxygen atoms in total. The molecule has 0 unspecified atom stereocenters. The van der Waals surface area contributed by atoms with Crippen LogP contribution in [-0.4, -0.2) is 35.3 Å². The first-order chi connectivity index (χ1) is 17.5. The molecule has 0 fully saturated rings. The minimum absolute atomic E-state index is 0.334. The van der Waals surface area contributed by atoms with E-state index in [1.54, 1.807) is 23.2 Å². The highest BCUT2D eigenvalue weighted by molar-refractivity contribution is 6.35. The van der Waals surface area contributed by atoms with E-state index in [-0.39, 0.29) is 0 Å². The molecule has 1 aromatic heterocycles. The lowest BCUT2D eigenvalue weighted by Gasteiger charge is -2.13. The molecular weight excluding hydrogens is 497 g/mol. The smallest absolute Gasteiger partial charge is 0.250 e. The van der Waals surface area contributed by atoms with Crippen molar-refractivity contribution in [2.75, 3.05) is 29.7 Å². The summed E-state index contributed by atoms with van der Waals surface area (Å²) in [6.45, 7) is 0.943. The number of benzene rings is 3. The van der Waals surface area contributed by atoms with Gasteiger partial charge in [0.15, 0.2) is 0 Å². The number of nitrogens with zero attached hydrogens (tertiary/aromatic N) is 5. The third-order valence-electron chi connectivity index (χ3n) is 4.98. The Labute approximate surface area is 220 Å². The molecule has 36 heavy (non-hydrogen) atoms. The number of anilines is 3.